The molecule has 0 radical (unpaired) electrons. The molecular formula is C17H18N2O2. The lowest BCUT2D eigenvalue weighted by atomic mass is 9.88. The molecule has 0 spiro atoms. The zero-order valence-corrected chi connectivity index (χ0v) is 12.2. The quantitative estimate of drug-likeness (QED) is 0.941. The van der Waals surface area contributed by atoms with Gasteiger partial charge in [0.1, 0.15) is 12.6 Å². The van der Waals surface area contributed by atoms with Crippen molar-refractivity contribution in [3.05, 3.63) is 70.1 Å². The topological polar surface area (TPSA) is 54.4 Å². The van der Waals surface area contributed by atoms with E-state index in [-0.39, 0.29) is 11.6 Å². The standard InChI is InChI=1S/C17H18N2O2/c1-17(2,14-9-6-10-15(20)19-14)16-18-13(11-21-16)12-7-4-3-5-8-12/h3-10,13H,11H2,1-2H3,(H,19,20)/t13-/m1/s1. The van der Waals surface area contributed by atoms with E-state index < -0.39 is 5.41 Å². The lowest BCUT2D eigenvalue weighted by molar-refractivity contribution is 0.295. The molecule has 3 rings (SSSR count). The van der Waals surface area contributed by atoms with Crippen molar-refractivity contribution in [2.45, 2.75) is 25.3 Å². The summed E-state index contributed by atoms with van der Waals surface area (Å²) in [7, 11) is 0. The van der Waals surface area contributed by atoms with Gasteiger partial charge in [-0.1, -0.05) is 36.4 Å². The monoisotopic (exact) mass is 282 g/mol. The second-order valence-corrected chi connectivity index (χ2v) is 5.73. The first-order valence-electron chi connectivity index (χ1n) is 7.03. The maximum absolute atomic E-state index is 11.5. The lowest BCUT2D eigenvalue weighted by Gasteiger charge is -2.23. The number of hydrogen-bond acceptors (Lipinski definition) is 3. The summed E-state index contributed by atoms with van der Waals surface area (Å²) >= 11 is 0. The van der Waals surface area contributed by atoms with Crippen LogP contribution in [0.15, 0.2) is 58.3 Å². The molecule has 0 bridgehead atoms. The van der Waals surface area contributed by atoms with Crippen LogP contribution in [0.5, 0.6) is 0 Å². The van der Waals surface area contributed by atoms with Crippen LogP contribution in [-0.4, -0.2) is 17.5 Å². The van der Waals surface area contributed by atoms with Crippen molar-refractivity contribution in [2.75, 3.05) is 6.61 Å². The predicted octanol–water partition coefficient (Wildman–Crippen LogP) is 2.82. The Morgan fingerprint density at radius 3 is 2.62 bits per heavy atom. The van der Waals surface area contributed by atoms with E-state index in [4.69, 9.17) is 9.73 Å². The second kappa shape index (κ2) is 5.20. The average molecular weight is 282 g/mol. The van der Waals surface area contributed by atoms with Crippen molar-refractivity contribution >= 4 is 5.90 Å². The van der Waals surface area contributed by atoms with Gasteiger partial charge in [0, 0.05) is 11.8 Å². The van der Waals surface area contributed by atoms with E-state index in [2.05, 4.69) is 17.1 Å². The Kier molecular flexibility index (Phi) is 3.37. The van der Waals surface area contributed by atoms with Crippen molar-refractivity contribution in [1.29, 1.82) is 0 Å². The van der Waals surface area contributed by atoms with Gasteiger partial charge >= 0.3 is 0 Å². The summed E-state index contributed by atoms with van der Waals surface area (Å²) in [5.41, 5.74) is 1.38. The fraction of sp³-hybridized carbons (Fsp3) is 0.294. The largest absolute Gasteiger partial charge is 0.478 e. The zero-order chi connectivity index (χ0) is 14.9. The number of nitrogens with one attached hydrogen (secondary N) is 1. The molecule has 1 aliphatic heterocycles. The van der Waals surface area contributed by atoms with Crippen LogP contribution in [0.25, 0.3) is 0 Å². The number of pyridine rings is 1. The molecule has 1 aromatic carbocycles. The molecule has 1 N–H and O–H groups in total. The molecule has 0 unspecified atom stereocenters. The highest BCUT2D eigenvalue weighted by molar-refractivity contribution is 5.88. The van der Waals surface area contributed by atoms with E-state index in [9.17, 15) is 4.79 Å². The number of benzene rings is 1. The summed E-state index contributed by atoms with van der Waals surface area (Å²) in [6.45, 7) is 4.55. The van der Waals surface area contributed by atoms with Gasteiger partial charge in [0.15, 0.2) is 5.90 Å². The molecular weight excluding hydrogens is 264 g/mol. The van der Waals surface area contributed by atoms with Crippen LogP contribution >= 0.6 is 0 Å². The smallest absolute Gasteiger partial charge is 0.248 e. The molecule has 0 amide bonds. The van der Waals surface area contributed by atoms with E-state index >= 15 is 0 Å². The van der Waals surface area contributed by atoms with Crippen LogP contribution in [0.4, 0.5) is 0 Å². The summed E-state index contributed by atoms with van der Waals surface area (Å²) in [6.07, 6.45) is 0. The van der Waals surface area contributed by atoms with Crippen molar-refractivity contribution in [3.63, 3.8) is 0 Å². The maximum Gasteiger partial charge on any atom is 0.248 e. The Morgan fingerprint density at radius 2 is 1.90 bits per heavy atom. The summed E-state index contributed by atoms with van der Waals surface area (Å²) in [4.78, 5) is 19.1. The summed E-state index contributed by atoms with van der Waals surface area (Å²) in [5.74, 6) is 0.665. The molecule has 2 heterocycles. The second-order valence-electron chi connectivity index (χ2n) is 5.73. The first-order chi connectivity index (χ1) is 10.1. The summed E-state index contributed by atoms with van der Waals surface area (Å²) in [6, 6.07) is 15.3. The van der Waals surface area contributed by atoms with E-state index in [1.807, 2.05) is 38.1 Å². The molecule has 4 heteroatoms. The normalized spacial score (nSPS) is 18.2. The third-order valence-corrected chi connectivity index (χ3v) is 3.81. The molecule has 0 saturated carbocycles. The van der Waals surface area contributed by atoms with Crippen LogP contribution in [0.1, 0.15) is 31.1 Å². The minimum absolute atomic E-state index is 0.0240. The van der Waals surface area contributed by atoms with Crippen molar-refractivity contribution in [1.82, 2.24) is 4.98 Å². The van der Waals surface area contributed by atoms with E-state index in [1.165, 1.54) is 6.07 Å². The molecule has 108 valence electrons. The first-order valence-corrected chi connectivity index (χ1v) is 7.03. The minimum atomic E-state index is -0.454. The van der Waals surface area contributed by atoms with E-state index in [0.29, 0.717) is 12.5 Å². The molecule has 1 aromatic heterocycles. The molecule has 0 fully saturated rings. The summed E-state index contributed by atoms with van der Waals surface area (Å²) < 4.78 is 5.81. The van der Waals surface area contributed by atoms with Gasteiger partial charge in [-0.3, -0.25) is 4.79 Å². The van der Waals surface area contributed by atoms with Gasteiger partial charge in [-0.2, -0.15) is 0 Å². The van der Waals surface area contributed by atoms with Gasteiger partial charge in [0.05, 0.1) is 5.41 Å². The third-order valence-electron chi connectivity index (χ3n) is 3.81. The number of H-pyrrole nitrogens is 1. The summed E-state index contributed by atoms with van der Waals surface area (Å²) in [5, 5.41) is 0. The van der Waals surface area contributed by atoms with Gasteiger partial charge in [-0.25, -0.2) is 4.99 Å². The highest BCUT2D eigenvalue weighted by Crippen LogP contribution is 2.31. The maximum atomic E-state index is 11.5. The first kappa shape index (κ1) is 13.6. The fourth-order valence-corrected chi connectivity index (χ4v) is 2.49. The van der Waals surface area contributed by atoms with Crippen molar-refractivity contribution in [3.8, 4) is 0 Å². The highest BCUT2D eigenvalue weighted by Gasteiger charge is 2.35. The number of hydrogen-bond donors (Lipinski definition) is 1. The fourth-order valence-electron chi connectivity index (χ4n) is 2.49. The molecule has 0 aliphatic carbocycles. The van der Waals surface area contributed by atoms with Gasteiger partial charge in [0.25, 0.3) is 0 Å². The van der Waals surface area contributed by atoms with Crippen LogP contribution in [0.3, 0.4) is 0 Å². The van der Waals surface area contributed by atoms with Crippen molar-refractivity contribution in [2.24, 2.45) is 4.99 Å². The molecule has 1 atom stereocenters. The average Bonchev–Trinajstić information content (AvgIpc) is 2.99. The van der Waals surface area contributed by atoms with E-state index in [1.54, 1.807) is 6.07 Å². The van der Waals surface area contributed by atoms with Crippen LogP contribution < -0.4 is 5.56 Å². The zero-order valence-electron chi connectivity index (χ0n) is 12.2. The van der Waals surface area contributed by atoms with Crippen molar-refractivity contribution < 1.29 is 4.74 Å². The van der Waals surface area contributed by atoms with Gasteiger partial charge in [-0.05, 0) is 25.5 Å². The van der Waals surface area contributed by atoms with Gasteiger partial charge < -0.3 is 9.72 Å². The van der Waals surface area contributed by atoms with Crippen LogP contribution in [0.2, 0.25) is 0 Å². The predicted molar refractivity (Wildman–Crippen MR) is 82.7 cm³/mol. The Labute approximate surface area is 123 Å². The molecule has 21 heavy (non-hydrogen) atoms. The minimum Gasteiger partial charge on any atom is -0.478 e. The van der Waals surface area contributed by atoms with Crippen LogP contribution in [0, 0.1) is 0 Å². The van der Waals surface area contributed by atoms with Gasteiger partial charge in [0.2, 0.25) is 5.56 Å². The number of rotatable bonds is 3. The number of aromatic amines is 1. The Balaban J connectivity index is 1.92. The number of nitrogens with zero attached hydrogens (tertiary/aromatic N) is 1. The van der Waals surface area contributed by atoms with E-state index in [0.717, 1.165) is 11.3 Å². The SMILES string of the molecule is CC(C)(C1=N[C@@H](c2ccccc2)CO1)c1cccc(=O)[nH]1. The molecule has 2 aromatic rings. The number of aromatic nitrogens is 1. The molecule has 1 aliphatic rings. The highest BCUT2D eigenvalue weighted by atomic mass is 16.5. The molecule has 0 saturated heterocycles. The Morgan fingerprint density at radius 1 is 1.14 bits per heavy atom. The third kappa shape index (κ3) is 2.61. The Hall–Kier alpha value is -2.36. The number of aliphatic imine (C=N–C) groups is 1. The van der Waals surface area contributed by atoms with Crippen LogP contribution in [-0.2, 0) is 10.2 Å². The lowest BCUT2D eigenvalue weighted by Crippen LogP contribution is -2.32. The molecule has 4 nitrogen and oxygen atoms in total. The Bertz CT molecular complexity index is 717. The van der Waals surface area contributed by atoms with Gasteiger partial charge in [-0.15, -0.1) is 0 Å². The number of ether oxygens (including phenoxy) is 1.